The smallest absolute Gasteiger partial charge is 0.166 e. The molecule has 1 aliphatic heterocycles. The minimum Gasteiger partial charge on any atom is -0.482 e. The number of hydrogen-bond donors (Lipinski definition) is 1. The zero-order valence-electron chi connectivity index (χ0n) is 18.1. The molecule has 0 amide bonds. The zero-order valence-corrected chi connectivity index (χ0v) is 19.6. The van der Waals surface area contributed by atoms with E-state index in [0.29, 0.717) is 22.4 Å². The molecule has 0 aliphatic carbocycles. The first-order valence-electron chi connectivity index (χ1n) is 10.7. The van der Waals surface area contributed by atoms with Gasteiger partial charge in [-0.2, -0.15) is 5.10 Å². The summed E-state index contributed by atoms with van der Waals surface area (Å²) < 4.78 is 22.0. The van der Waals surface area contributed by atoms with Gasteiger partial charge in [-0.25, -0.2) is 9.37 Å². The number of likely N-dealkylation sites (tertiary alicyclic amines) is 1. The molecule has 1 aliphatic rings. The molecule has 0 saturated carbocycles. The number of pyridine rings is 1. The van der Waals surface area contributed by atoms with Crippen molar-refractivity contribution in [3.8, 4) is 16.9 Å². The van der Waals surface area contributed by atoms with Gasteiger partial charge in [-0.1, -0.05) is 30.1 Å². The van der Waals surface area contributed by atoms with Gasteiger partial charge in [0.15, 0.2) is 11.6 Å². The number of benzene rings is 1. The Morgan fingerprint density at radius 3 is 2.69 bits per heavy atom. The summed E-state index contributed by atoms with van der Waals surface area (Å²) in [7, 11) is 0. The van der Waals surface area contributed by atoms with Crippen molar-refractivity contribution >= 4 is 29.0 Å². The van der Waals surface area contributed by atoms with Crippen LogP contribution in [0.2, 0.25) is 10.0 Å². The van der Waals surface area contributed by atoms with Gasteiger partial charge in [-0.15, -0.1) is 0 Å². The lowest BCUT2D eigenvalue weighted by atomic mass is 10.1. The van der Waals surface area contributed by atoms with Crippen molar-refractivity contribution in [2.75, 3.05) is 25.4 Å². The lowest BCUT2D eigenvalue weighted by Crippen LogP contribution is -2.34. The molecule has 3 aromatic rings. The van der Waals surface area contributed by atoms with Gasteiger partial charge in [0.05, 0.1) is 17.3 Å². The highest BCUT2D eigenvalue weighted by Crippen LogP contribution is 2.37. The van der Waals surface area contributed by atoms with Crippen LogP contribution in [0, 0.1) is 5.82 Å². The fraction of sp³-hybridized carbons (Fsp3) is 0.391. The van der Waals surface area contributed by atoms with Crippen LogP contribution in [0.1, 0.15) is 44.4 Å². The average molecular weight is 478 g/mol. The van der Waals surface area contributed by atoms with Crippen molar-refractivity contribution in [1.29, 1.82) is 0 Å². The van der Waals surface area contributed by atoms with Crippen molar-refractivity contribution in [2.24, 2.45) is 0 Å². The Kier molecular flexibility index (Phi) is 6.88. The summed E-state index contributed by atoms with van der Waals surface area (Å²) in [5.74, 6) is 0.0394. The summed E-state index contributed by atoms with van der Waals surface area (Å²) in [6.45, 7) is 7.18. The van der Waals surface area contributed by atoms with Crippen molar-refractivity contribution in [3.05, 3.63) is 58.2 Å². The van der Waals surface area contributed by atoms with Gasteiger partial charge in [0, 0.05) is 47.2 Å². The first-order valence-corrected chi connectivity index (χ1v) is 11.5. The fourth-order valence-electron chi connectivity index (χ4n) is 4.06. The topological polar surface area (TPSA) is 69.2 Å². The molecule has 32 heavy (non-hydrogen) atoms. The zero-order chi connectivity index (χ0) is 22.8. The summed E-state index contributed by atoms with van der Waals surface area (Å²) in [6.07, 6.45) is 7.08. The van der Waals surface area contributed by atoms with Crippen LogP contribution in [0.15, 0.2) is 36.8 Å². The molecule has 0 bridgehead atoms. The molecule has 0 unspecified atom stereocenters. The maximum atomic E-state index is 13.9. The SMILES string of the molecule is CCN1CCC(n2cc(-c3cnc(N)c(O[C@H](C)c4c(Cl)ccc(F)c4Cl)c3)cn2)CC1. The summed E-state index contributed by atoms with van der Waals surface area (Å²) in [6, 6.07) is 4.87. The quantitative estimate of drug-likeness (QED) is 0.456. The number of nitrogens with two attached hydrogens (primary N) is 1. The number of nitrogen functional groups attached to an aromatic ring is 1. The highest BCUT2D eigenvalue weighted by atomic mass is 35.5. The third-order valence-electron chi connectivity index (χ3n) is 5.98. The van der Waals surface area contributed by atoms with Crippen LogP contribution >= 0.6 is 23.2 Å². The Bertz CT molecular complexity index is 1100. The molecule has 1 saturated heterocycles. The molecular weight excluding hydrogens is 452 g/mol. The fourth-order valence-corrected chi connectivity index (χ4v) is 4.74. The summed E-state index contributed by atoms with van der Waals surface area (Å²) in [5.41, 5.74) is 8.17. The van der Waals surface area contributed by atoms with Crippen LogP contribution < -0.4 is 10.5 Å². The molecule has 4 rings (SSSR count). The van der Waals surface area contributed by atoms with E-state index in [2.05, 4.69) is 21.9 Å². The van der Waals surface area contributed by atoms with Gasteiger partial charge in [-0.3, -0.25) is 4.68 Å². The van der Waals surface area contributed by atoms with Crippen LogP contribution in [0.3, 0.4) is 0 Å². The van der Waals surface area contributed by atoms with Crippen molar-refractivity contribution in [3.63, 3.8) is 0 Å². The van der Waals surface area contributed by atoms with Gasteiger partial charge in [-0.05, 0) is 44.5 Å². The molecule has 0 radical (unpaired) electrons. The minimum atomic E-state index is -0.628. The second-order valence-corrected chi connectivity index (χ2v) is 8.78. The molecular formula is C23H26Cl2FN5O. The number of ether oxygens (including phenoxy) is 1. The molecule has 2 aromatic heterocycles. The van der Waals surface area contributed by atoms with E-state index < -0.39 is 11.9 Å². The van der Waals surface area contributed by atoms with Gasteiger partial charge >= 0.3 is 0 Å². The first kappa shape index (κ1) is 22.8. The lowest BCUT2D eigenvalue weighted by Gasteiger charge is -2.31. The van der Waals surface area contributed by atoms with Gasteiger partial charge in [0.25, 0.3) is 0 Å². The largest absolute Gasteiger partial charge is 0.482 e. The molecule has 3 heterocycles. The Morgan fingerprint density at radius 1 is 1.22 bits per heavy atom. The Balaban J connectivity index is 1.54. The maximum Gasteiger partial charge on any atom is 0.166 e. The third-order valence-corrected chi connectivity index (χ3v) is 6.70. The summed E-state index contributed by atoms with van der Waals surface area (Å²) >= 11 is 12.4. The van der Waals surface area contributed by atoms with E-state index in [0.717, 1.165) is 43.6 Å². The molecule has 170 valence electrons. The van der Waals surface area contributed by atoms with Crippen LogP contribution in [0.5, 0.6) is 5.75 Å². The molecule has 1 atom stereocenters. The van der Waals surface area contributed by atoms with E-state index in [-0.39, 0.29) is 10.8 Å². The standard InChI is InChI=1S/C23H26Cl2FN5O/c1-3-30-8-6-17(7-9-30)31-13-16(12-29-31)15-10-20(23(27)28-11-15)32-14(2)21-18(24)4-5-19(26)22(21)25/h4-5,10-14,17H,3,6-9H2,1-2H3,(H2,27,28)/t14-/m1/s1. The predicted molar refractivity (Wildman–Crippen MR) is 126 cm³/mol. The van der Waals surface area contributed by atoms with E-state index in [1.165, 1.54) is 12.1 Å². The summed E-state index contributed by atoms with van der Waals surface area (Å²) in [4.78, 5) is 6.73. The Hall–Kier alpha value is -2.35. The van der Waals surface area contributed by atoms with Crippen LogP contribution in [0.4, 0.5) is 10.2 Å². The van der Waals surface area contributed by atoms with E-state index in [1.54, 1.807) is 19.2 Å². The highest BCUT2D eigenvalue weighted by Gasteiger charge is 2.22. The lowest BCUT2D eigenvalue weighted by molar-refractivity contribution is 0.187. The number of aromatic nitrogens is 3. The van der Waals surface area contributed by atoms with E-state index >= 15 is 0 Å². The Labute approximate surface area is 197 Å². The van der Waals surface area contributed by atoms with Crippen LogP contribution in [-0.2, 0) is 0 Å². The third kappa shape index (κ3) is 4.70. The molecule has 2 N–H and O–H groups in total. The van der Waals surface area contributed by atoms with Crippen LogP contribution in [-0.4, -0.2) is 39.3 Å². The Morgan fingerprint density at radius 2 is 1.97 bits per heavy atom. The van der Waals surface area contributed by atoms with E-state index in [4.69, 9.17) is 33.7 Å². The average Bonchev–Trinajstić information content (AvgIpc) is 3.28. The molecule has 0 spiro atoms. The normalized spacial score (nSPS) is 16.3. The van der Waals surface area contributed by atoms with Crippen molar-refractivity contribution in [2.45, 2.75) is 38.8 Å². The molecule has 1 aromatic carbocycles. The van der Waals surface area contributed by atoms with Crippen molar-refractivity contribution < 1.29 is 9.13 Å². The molecule has 6 nitrogen and oxygen atoms in total. The number of rotatable bonds is 6. The van der Waals surface area contributed by atoms with Crippen molar-refractivity contribution in [1.82, 2.24) is 19.7 Å². The second-order valence-electron chi connectivity index (χ2n) is 8.00. The van der Waals surface area contributed by atoms with Gasteiger partial charge < -0.3 is 15.4 Å². The maximum absolute atomic E-state index is 13.9. The minimum absolute atomic E-state index is 0.0666. The monoisotopic (exact) mass is 477 g/mol. The highest BCUT2D eigenvalue weighted by molar-refractivity contribution is 6.36. The van der Waals surface area contributed by atoms with Crippen LogP contribution in [0.25, 0.3) is 11.1 Å². The van der Waals surface area contributed by atoms with Gasteiger partial charge in [0.1, 0.15) is 11.9 Å². The second kappa shape index (κ2) is 9.65. The summed E-state index contributed by atoms with van der Waals surface area (Å²) in [5, 5.41) is 4.84. The predicted octanol–water partition coefficient (Wildman–Crippen LogP) is 5.77. The van der Waals surface area contributed by atoms with E-state index in [9.17, 15) is 4.39 Å². The molecule has 9 heteroatoms. The van der Waals surface area contributed by atoms with Gasteiger partial charge in [0.2, 0.25) is 0 Å². The molecule has 1 fully saturated rings. The number of nitrogens with zero attached hydrogens (tertiary/aromatic N) is 4. The number of anilines is 1. The number of piperidine rings is 1. The number of hydrogen-bond acceptors (Lipinski definition) is 5. The first-order chi connectivity index (χ1) is 15.4. The van der Waals surface area contributed by atoms with E-state index in [1.807, 2.05) is 17.1 Å². The number of halogens is 3.